The van der Waals surface area contributed by atoms with Gasteiger partial charge in [0.05, 0.1) is 0 Å². The van der Waals surface area contributed by atoms with Gasteiger partial charge in [-0.05, 0) is 31.6 Å². The van der Waals surface area contributed by atoms with Gasteiger partial charge >= 0.3 is 0 Å². The van der Waals surface area contributed by atoms with E-state index in [0.29, 0.717) is 6.54 Å². The van der Waals surface area contributed by atoms with Gasteiger partial charge in [-0.1, -0.05) is 6.92 Å². The average Bonchev–Trinajstić information content (AvgIpc) is 2.38. The van der Waals surface area contributed by atoms with Crippen LogP contribution in [-0.4, -0.2) is 33.0 Å². The first-order valence-electron chi connectivity index (χ1n) is 5.66. The Bertz CT molecular complexity index is 505. The van der Waals surface area contributed by atoms with Gasteiger partial charge in [0.25, 0.3) is 0 Å². The van der Waals surface area contributed by atoms with Crippen molar-refractivity contribution in [2.45, 2.75) is 18.2 Å². The Hall–Kier alpha value is -1.49. The standard InChI is InChI=1S/C11H16N4O2S/c1-2-13-6-3-7-15-18(16,17)11-5-4-10(8-12)14-9-11/h4-5,9,13,15H,2-3,6-7H2,1H3. The summed E-state index contributed by atoms with van der Waals surface area (Å²) in [5.41, 5.74) is 0.195. The Morgan fingerprint density at radius 1 is 1.39 bits per heavy atom. The molecule has 2 N–H and O–H groups in total. The van der Waals surface area contributed by atoms with E-state index in [9.17, 15) is 8.42 Å². The first-order chi connectivity index (χ1) is 8.60. The molecular weight excluding hydrogens is 252 g/mol. The van der Waals surface area contributed by atoms with Gasteiger partial charge in [-0.2, -0.15) is 5.26 Å². The number of aromatic nitrogens is 1. The average molecular weight is 268 g/mol. The molecule has 0 radical (unpaired) electrons. The number of hydrogen-bond donors (Lipinski definition) is 2. The topological polar surface area (TPSA) is 94.9 Å². The summed E-state index contributed by atoms with van der Waals surface area (Å²) in [6.07, 6.45) is 1.90. The van der Waals surface area contributed by atoms with Crippen LogP contribution >= 0.6 is 0 Å². The van der Waals surface area contributed by atoms with Crippen LogP contribution in [0.1, 0.15) is 19.0 Å². The molecule has 18 heavy (non-hydrogen) atoms. The minimum absolute atomic E-state index is 0.0740. The maximum absolute atomic E-state index is 11.8. The van der Waals surface area contributed by atoms with Crippen molar-refractivity contribution >= 4 is 10.0 Å². The van der Waals surface area contributed by atoms with Crippen LogP contribution in [0.5, 0.6) is 0 Å². The zero-order valence-electron chi connectivity index (χ0n) is 10.2. The molecule has 1 aromatic heterocycles. The summed E-state index contributed by atoms with van der Waals surface area (Å²) in [5.74, 6) is 0. The van der Waals surface area contributed by atoms with E-state index < -0.39 is 10.0 Å². The lowest BCUT2D eigenvalue weighted by Crippen LogP contribution is -2.27. The first-order valence-corrected chi connectivity index (χ1v) is 7.15. The van der Waals surface area contributed by atoms with Crippen LogP contribution in [0.4, 0.5) is 0 Å². The Balaban J connectivity index is 2.55. The van der Waals surface area contributed by atoms with Gasteiger partial charge in [0.2, 0.25) is 10.0 Å². The highest BCUT2D eigenvalue weighted by Gasteiger charge is 2.13. The zero-order valence-corrected chi connectivity index (χ0v) is 11.0. The van der Waals surface area contributed by atoms with Crippen LogP contribution in [-0.2, 0) is 10.0 Å². The number of sulfonamides is 1. The molecule has 0 atom stereocenters. The van der Waals surface area contributed by atoms with E-state index in [-0.39, 0.29) is 10.6 Å². The third-order valence-electron chi connectivity index (χ3n) is 2.23. The van der Waals surface area contributed by atoms with Gasteiger partial charge in [-0.3, -0.25) is 0 Å². The smallest absolute Gasteiger partial charge is 0.242 e. The lowest BCUT2D eigenvalue weighted by Gasteiger charge is -2.06. The van der Waals surface area contributed by atoms with E-state index in [1.165, 1.54) is 18.3 Å². The highest BCUT2D eigenvalue weighted by molar-refractivity contribution is 7.89. The fraction of sp³-hybridized carbons (Fsp3) is 0.455. The Kier molecular flexibility index (Phi) is 5.71. The summed E-state index contributed by atoms with van der Waals surface area (Å²) in [7, 11) is -3.52. The Morgan fingerprint density at radius 3 is 2.72 bits per heavy atom. The third kappa shape index (κ3) is 4.41. The predicted molar refractivity (Wildman–Crippen MR) is 67.3 cm³/mol. The van der Waals surface area contributed by atoms with Gasteiger partial charge in [0.1, 0.15) is 16.7 Å². The second-order valence-corrected chi connectivity index (χ2v) is 5.36. The number of rotatable bonds is 7. The van der Waals surface area contributed by atoms with Gasteiger partial charge in [0.15, 0.2) is 0 Å². The second kappa shape index (κ2) is 7.06. The second-order valence-electron chi connectivity index (χ2n) is 3.60. The third-order valence-corrected chi connectivity index (χ3v) is 3.68. The molecule has 1 aromatic rings. The number of pyridine rings is 1. The molecule has 98 valence electrons. The molecule has 0 saturated heterocycles. The number of hydrogen-bond acceptors (Lipinski definition) is 5. The molecule has 1 heterocycles. The van der Waals surface area contributed by atoms with Crippen molar-refractivity contribution in [2.75, 3.05) is 19.6 Å². The SMILES string of the molecule is CCNCCCNS(=O)(=O)c1ccc(C#N)nc1. The fourth-order valence-electron chi connectivity index (χ4n) is 1.29. The van der Waals surface area contributed by atoms with Crippen LogP contribution in [0.2, 0.25) is 0 Å². The summed E-state index contributed by atoms with van der Waals surface area (Å²) in [4.78, 5) is 3.80. The Morgan fingerprint density at radius 2 is 2.17 bits per heavy atom. The van der Waals surface area contributed by atoms with Crippen LogP contribution in [0.3, 0.4) is 0 Å². The molecule has 0 bridgehead atoms. The highest BCUT2D eigenvalue weighted by atomic mass is 32.2. The summed E-state index contributed by atoms with van der Waals surface area (Å²) in [5, 5.41) is 11.7. The van der Waals surface area contributed by atoms with Crippen molar-refractivity contribution in [3.05, 3.63) is 24.0 Å². The minimum atomic E-state index is -3.52. The van der Waals surface area contributed by atoms with Gasteiger partial charge in [0, 0.05) is 12.7 Å². The largest absolute Gasteiger partial charge is 0.317 e. The van der Waals surface area contributed by atoms with E-state index in [2.05, 4.69) is 15.0 Å². The normalized spacial score (nSPS) is 11.1. The molecule has 0 amide bonds. The zero-order chi connectivity index (χ0) is 13.4. The van der Waals surface area contributed by atoms with Crippen molar-refractivity contribution in [3.8, 4) is 6.07 Å². The van der Waals surface area contributed by atoms with Gasteiger partial charge in [-0.25, -0.2) is 18.1 Å². The van der Waals surface area contributed by atoms with Crippen molar-refractivity contribution < 1.29 is 8.42 Å². The van der Waals surface area contributed by atoms with E-state index in [4.69, 9.17) is 5.26 Å². The van der Waals surface area contributed by atoms with E-state index in [1.807, 2.05) is 13.0 Å². The summed E-state index contributed by atoms with van der Waals surface area (Å²) in [6, 6.07) is 4.59. The summed E-state index contributed by atoms with van der Waals surface area (Å²) in [6.45, 7) is 4.00. The van der Waals surface area contributed by atoms with Gasteiger partial charge in [-0.15, -0.1) is 0 Å². The van der Waals surface area contributed by atoms with Crippen molar-refractivity contribution in [1.82, 2.24) is 15.0 Å². The Labute approximate surface area is 107 Å². The van der Waals surface area contributed by atoms with Crippen molar-refractivity contribution in [2.24, 2.45) is 0 Å². The van der Waals surface area contributed by atoms with E-state index in [0.717, 1.165) is 19.5 Å². The summed E-state index contributed by atoms with van der Waals surface area (Å²) < 4.78 is 26.1. The van der Waals surface area contributed by atoms with E-state index >= 15 is 0 Å². The van der Waals surface area contributed by atoms with Crippen molar-refractivity contribution in [3.63, 3.8) is 0 Å². The molecule has 0 aliphatic carbocycles. The quantitative estimate of drug-likeness (QED) is 0.690. The summed E-state index contributed by atoms with van der Waals surface area (Å²) >= 11 is 0. The molecule has 0 fully saturated rings. The van der Waals surface area contributed by atoms with Crippen molar-refractivity contribution in [1.29, 1.82) is 5.26 Å². The van der Waals surface area contributed by atoms with Crippen LogP contribution in [0.15, 0.2) is 23.2 Å². The van der Waals surface area contributed by atoms with Crippen LogP contribution < -0.4 is 10.0 Å². The monoisotopic (exact) mass is 268 g/mol. The van der Waals surface area contributed by atoms with E-state index in [1.54, 1.807) is 0 Å². The predicted octanol–water partition coefficient (Wildman–Crippen LogP) is 0.231. The molecule has 7 heteroatoms. The fourth-order valence-corrected chi connectivity index (χ4v) is 2.30. The number of nitriles is 1. The molecule has 0 aliphatic rings. The number of nitrogens with zero attached hydrogens (tertiary/aromatic N) is 2. The molecule has 0 aliphatic heterocycles. The minimum Gasteiger partial charge on any atom is -0.317 e. The molecule has 6 nitrogen and oxygen atoms in total. The lowest BCUT2D eigenvalue weighted by molar-refractivity contribution is 0.575. The maximum atomic E-state index is 11.8. The maximum Gasteiger partial charge on any atom is 0.242 e. The first kappa shape index (κ1) is 14.6. The van der Waals surface area contributed by atoms with Crippen LogP contribution in [0, 0.1) is 11.3 Å². The number of nitrogens with one attached hydrogen (secondary N) is 2. The highest BCUT2D eigenvalue weighted by Crippen LogP contribution is 2.06. The molecule has 1 rings (SSSR count). The molecule has 0 aromatic carbocycles. The van der Waals surface area contributed by atoms with Crippen LogP contribution in [0.25, 0.3) is 0 Å². The molecule has 0 unspecified atom stereocenters. The molecule has 0 spiro atoms. The molecule has 0 saturated carbocycles. The van der Waals surface area contributed by atoms with Gasteiger partial charge < -0.3 is 5.32 Å². The lowest BCUT2D eigenvalue weighted by atomic mass is 10.4. The molecular formula is C11H16N4O2S.